The molecule has 1 unspecified atom stereocenters. The van der Waals surface area contributed by atoms with Crippen LogP contribution >= 0.6 is 11.6 Å². The van der Waals surface area contributed by atoms with Crippen LogP contribution < -0.4 is 5.32 Å². The van der Waals surface area contributed by atoms with E-state index in [4.69, 9.17) is 21.4 Å². The van der Waals surface area contributed by atoms with Crippen LogP contribution in [-0.2, 0) is 17.6 Å². The number of aromatic nitrogens is 2. The number of halogens is 1. The Labute approximate surface area is 199 Å². The quantitative estimate of drug-likeness (QED) is 0.596. The van der Waals surface area contributed by atoms with E-state index in [-0.39, 0.29) is 11.9 Å². The van der Waals surface area contributed by atoms with Crippen LogP contribution in [0.15, 0.2) is 48.5 Å². The number of amides is 1. The minimum atomic E-state index is -0.105. The maximum absolute atomic E-state index is 13.3. The Hall–Kier alpha value is -2.67. The molecule has 2 aromatic carbocycles. The summed E-state index contributed by atoms with van der Waals surface area (Å²) >= 11 is 6.11. The molecule has 7 heteroatoms. The Balaban J connectivity index is 1.37. The standard InChI is InChI=1S/C26H29ClN4O2/c1-18-5-11-21(12-6-18)31-23-4-2-3-22(23)25(29-31)26(32)28-17-24(30-13-15-33-16-14-30)19-7-9-20(27)10-8-19/h5-12,24H,2-4,13-17H2,1H3,(H,28,32). The third kappa shape index (κ3) is 4.69. The molecule has 1 saturated heterocycles. The van der Waals surface area contributed by atoms with Crippen LogP contribution in [0.1, 0.15) is 45.3 Å². The number of hydrogen-bond acceptors (Lipinski definition) is 4. The van der Waals surface area contributed by atoms with Gasteiger partial charge in [0.15, 0.2) is 5.69 Å². The van der Waals surface area contributed by atoms with E-state index in [1.165, 1.54) is 5.56 Å². The average Bonchev–Trinajstić information content (AvgIpc) is 3.45. The van der Waals surface area contributed by atoms with Crippen molar-refractivity contribution in [1.29, 1.82) is 0 Å². The minimum Gasteiger partial charge on any atom is -0.379 e. The molecule has 5 rings (SSSR count). The van der Waals surface area contributed by atoms with Gasteiger partial charge in [0.1, 0.15) is 0 Å². The summed E-state index contributed by atoms with van der Waals surface area (Å²) in [6.07, 6.45) is 2.90. The molecule has 0 radical (unpaired) electrons. The molecule has 172 valence electrons. The Bertz CT molecular complexity index is 1120. The summed E-state index contributed by atoms with van der Waals surface area (Å²) in [4.78, 5) is 15.7. The van der Waals surface area contributed by atoms with Gasteiger partial charge in [-0.2, -0.15) is 5.10 Å². The van der Waals surface area contributed by atoms with Crippen molar-refractivity contribution in [3.8, 4) is 5.69 Å². The molecule has 2 aliphatic rings. The molecule has 2 heterocycles. The molecule has 1 aromatic heterocycles. The van der Waals surface area contributed by atoms with E-state index >= 15 is 0 Å². The van der Waals surface area contributed by atoms with E-state index in [1.807, 2.05) is 28.9 Å². The number of carbonyl (C=O) groups excluding carboxylic acids is 1. The maximum atomic E-state index is 13.3. The van der Waals surface area contributed by atoms with Crippen molar-refractivity contribution in [2.24, 2.45) is 0 Å². The number of ether oxygens (including phenoxy) is 1. The normalized spacial score (nSPS) is 17.0. The van der Waals surface area contributed by atoms with Crippen LogP contribution in [0.5, 0.6) is 0 Å². The first-order chi connectivity index (χ1) is 16.1. The van der Waals surface area contributed by atoms with Gasteiger partial charge in [0.2, 0.25) is 0 Å². The molecular formula is C26H29ClN4O2. The lowest BCUT2D eigenvalue weighted by molar-refractivity contribution is 0.0162. The fourth-order valence-corrected chi connectivity index (χ4v) is 4.95. The second-order valence-corrected chi connectivity index (χ2v) is 9.24. The molecule has 1 amide bonds. The number of aryl methyl sites for hydroxylation is 1. The zero-order valence-corrected chi connectivity index (χ0v) is 19.6. The Kier molecular flexibility index (Phi) is 6.49. The summed E-state index contributed by atoms with van der Waals surface area (Å²) in [5, 5.41) is 8.65. The van der Waals surface area contributed by atoms with Gasteiger partial charge in [-0.15, -0.1) is 0 Å². The predicted molar refractivity (Wildman–Crippen MR) is 129 cm³/mol. The molecule has 3 aromatic rings. The number of benzene rings is 2. The molecule has 0 bridgehead atoms. The number of hydrogen-bond donors (Lipinski definition) is 1. The highest BCUT2D eigenvalue weighted by molar-refractivity contribution is 6.30. The SMILES string of the molecule is Cc1ccc(-n2nc(C(=O)NCC(c3ccc(Cl)cc3)N3CCOCC3)c3c2CCC3)cc1. The number of carbonyl (C=O) groups is 1. The highest BCUT2D eigenvalue weighted by atomic mass is 35.5. The van der Waals surface area contributed by atoms with Crippen molar-refractivity contribution >= 4 is 17.5 Å². The van der Waals surface area contributed by atoms with Gasteiger partial charge in [0.05, 0.1) is 24.9 Å². The summed E-state index contributed by atoms with van der Waals surface area (Å²) in [5.41, 5.74) is 6.15. The van der Waals surface area contributed by atoms with Crippen LogP contribution in [0, 0.1) is 6.92 Å². The third-order valence-electron chi connectivity index (χ3n) is 6.62. The molecule has 0 saturated carbocycles. The monoisotopic (exact) mass is 464 g/mol. The fourth-order valence-electron chi connectivity index (χ4n) is 4.82. The molecule has 1 fully saturated rings. The third-order valence-corrected chi connectivity index (χ3v) is 6.87. The van der Waals surface area contributed by atoms with Crippen LogP contribution in [0.4, 0.5) is 0 Å². The average molecular weight is 465 g/mol. The molecule has 6 nitrogen and oxygen atoms in total. The number of fused-ring (bicyclic) bond motifs is 1. The van der Waals surface area contributed by atoms with Crippen molar-refractivity contribution < 1.29 is 9.53 Å². The van der Waals surface area contributed by atoms with Gasteiger partial charge in [0.25, 0.3) is 5.91 Å². The first-order valence-electron chi connectivity index (χ1n) is 11.6. The van der Waals surface area contributed by atoms with Gasteiger partial charge in [-0.1, -0.05) is 41.4 Å². The summed E-state index contributed by atoms with van der Waals surface area (Å²) < 4.78 is 7.49. The number of nitrogens with one attached hydrogen (secondary N) is 1. The minimum absolute atomic E-state index is 0.0577. The van der Waals surface area contributed by atoms with E-state index in [9.17, 15) is 4.79 Å². The van der Waals surface area contributed by atoms with Crippen molar-refractivity contribution in [3.63, 3.8) is 0 Å². The topological polar surface area (TPSA) is 59.4 Å². The van der Waals surface area contributed by atoms with Gasteiger partial charge in [0, 0.05) is 35.9 Å². The molecule has 0 spiro atoms. The molecular weight excluding hydrogens is 436 g/mol. The maximum Gasteiger partial charge on any atom is 0.272 e. The van der Waals surface area contributed by atoms with E-state index in [0.717, 1.165) is 54.9 Å². The van der Waals surface area contributed by atoms with Gasteiger partial charge in [-0.05, 0) is 56.0 Å². The molecule has 1 N–H and O–H groups in total. The van der Waals surface area contributed by atoms with E-state index in [2.05, 4.69) is 41.4 Å². The zero-order valence-electron chi connectivity index (χ0n) is 18.9. The second-order valence-electron chi connectivity index (χ2n) is 8.80. The molecule has 1 aliphatic carbocycles. The summed E-state index contributed by atoms with van der Waals surface area (Å²) in [6, 6.07) is 16.2. The number of morpholine rings is 1. The van der Waals surface area contributed by atoms with Crippen LogP contribution in [-0.4, -0.2) is 53.4 Å². The van der Waals surface area contributed by atoms with Gasteiger partial charge < -0.3 is 10.1 Å². The molecule has 33 heavy (non-hydrogen) atoms. The zero-order chi connectivity index (χ0) is 22.8. The lowest BCUT2D eigenvalue weighted by Gasteiger charge is -2.35. The summed E-state index contributed by atoms with van der Waals surface area (Å²) in [7, 11) is 0. The van der Waals surface area contributed by atoms with Crippen molar-refractivity contribution in [3.05, 3.63) is 81.6 Å². The van der Waals surface area contributed by atoms with E-state index in [0.29, 0.717) is 30.5 Å². The lowest BCUT2D eigenvalue weighted by atomic mass is 10.0. The highest BCUT2D eigenvalue weighted by Crippen LogP contribution is 2.28. The Morgan fingerprint density at radius 3 is 2.55 bits per heavy atom. The van der Waals surface area contributed by atoms with Crippen LogP contribution in [0.3, 0.4) is 0 Å². The largest absolute Gasteiger partial charge is 0.379 e. The lowest BCUT2D eigenvalue weighted by Crippen LogP contribution is -2.44. The van der Waals surface area contributed by atoms with Crippen molar-refractivity contribution in [1.82, 2.24) is 20.0 Å². The number of rotatable bonds is 6. The second kappa shape index (κ2) is 9.67. The van der Waals surface area contributed by atoms with Gasteiger partial charge in [-0.3, -0.25) is 9.69 Å². The molecule has 1 atom stereocenters. The smallest absolute Gasteiger partial charge is 0.272 e. The van der Waals surface area contributed by atoms with Crippen LogP contribution in [0.25, 0.3) is 5.69 Å². The van der Waals surface area contributed by atoms with Gasteiger partial charge >= 0.3 is 0 Å². The Morgan fingerprint density at radius 2 is 1.82 bits per heavy atom. The fraction of sp³-hybridized carbons (Fsp3) is 0.385. The number of nitrogens with zero attached hydrogens (tertiary/aromatic N) is 3. The predicted octanol–water partition coefficient (Wildman–Crippen LogP) is 4.13. The Morgan fingerprint density at radius 1 is 1.09 bits per heavy atom. The van der Waals surface area contributed by atoms with E-state index in [1.54, 1.807) is 0 Å². The van der Waals surface area contributed by atoms with Crippen molar-refractivity contribution in [2.75, 3.05) is 32.8 Å². The first kappa shape index (κ1) is 22.1. The van der Waals surface area contributed by atoms with Crippen molar-refractivity contribution in [2.45, 2.75) is 32.2 Å². The summed E-state index contributed by atoms with van der Waals surface area (Å²) in [5.74, 6) is -0.105. The van der Waals surface area contributed by atoms with E-state index < -0.39 is 0 Å². The first-order valence-corrected chi connectivity index (χ1v) is 12.0. The summed E-state index contributed by atoms with van der Waals surface area (Å²) in [6.45, 7) is 5.65. The molecule has 1 aliphatic heterocycles. The highest BCUT2D eigenvalue weighted by Gasteiger charge is 2.28. The van der Waals surface area contributed by atoms with Gasteiger partial charge in [-0.25, -0.2) is 4.68 Å². The van der Waals surface area contributed by atoms with Crippen LogP contribution in [0.2, 0.25) is 5.02 Å².